The Bertz CT molecular complexity index is 297. The van der Waals surface area contributed by atoms with Crippen molar-refractivity contribution in [3.63, 3.8) is 0 Å². The molecular formula is C7H17N5O2S. The monoisotopic (exact) mass is 235 g/mol. The van der Waals surface area contributed by atoms with Crippen molar-refractivity contribution in [2.45, 2.75) is 26.2 Å². The zero-order valence-corrected chi connectivity index (χ0v) is 9.63. The molecule has 0 aliphatic heterocycles. The minimum atomic E-state index is -3.34. The number of hydrogen-bond acceptors (Lipinski definition) is 3. The number of nitrogens with one attached hydrogen (secondary N) is 2. The van der Waals surface area contributed by atoms with Crippen LogP contribution in [-0.2, 0) is 10.2 Å². The molecule has 0 saturated heterocycles. The molecule has 15 heavy (non-hydrogen) atoms. The van der Waals surface area contributed by atoms with Crippen molar-refractivity contribution in [1.82, 2.24) is 9.44 Å². The molecule has 0 aromatic rings. The molecular weight excluding hydrogens is 218 g/mol. The smallest absolute Gasteiger partial charge is 0.202 e. The lowest BCUT2D eigenvalue weighted by atomic mass is 10.3. The molecule has 2 N–H and O–H groups in total. The van der Waals surface area contributed by atoms with Crippen molar-refractivity contribution in [2.75, 3.05) is 19.6 Å². The first kappa shape index (κ1) is 14.2. The maximum atomic E-state index is 11.2. The zero-order chi connectivity index (χ0) is 11.6. The van der Waals surface area contributed by atoms with Crippen molar-refractivity contribution in [2.24, 2.45) is 5.11 Å². The Balaban J connectivity index is 3.53. The van der Waals surface area contributed by atoms with E-state index in [0.717, 1.165) is 6.42 Å². The maximum absolute atomic E-state index is 11.2. The highest BCUT2D eigenvalue weighted by Crippen LogP contribution is 1.89. The summed E-state index contributed by atoms with van der Waals surface area (Å²) in [7, 11) is -3.34. The van der Waals surface area contributed by atoms with Gasteiger partial charge in [0.15, 0.2) is 0 Å². The van der Waals surface area contributed by atoms with Gasteiger partial charge in [-0.25, -0.2) is 9.44 Å². The van der Waals surface area contributed by atoms with Crippen LogP contribution >= 0.6 is 0 Å². The Kier molecular flexibility index (Phi) is 8.02. The zero-order valence-electron chi connectivity index (χ0n) is 8.81. The Hall–Kier alpha value is -0.820. The first-order valence-electron chi connectivity index (χ1n) is 4.87. The third kappa shape index (κ3) is 9.48. The van der Waals surface area contributed by atoms with Gasteiger partial charge in [0, 0.05) is 24.5 Å². The lowest BCUT2D eigenvalue weighted by molar-refractivity contribution is 0.561. The molecule has 0 aromatic carbocycles. The van der Waals surface area contributed by atoms with E-state index in [9.17, 15) is 8.42 Å². The van der Waals surface area contributed by atoms with Gasteiger partial charge >= 0.3 is 0 Å². The Labute approximate surface area is 90.1 Å². The van der Waals surface area contributed by atoms with Gasteiger partial charge in [0.2, 0.25) is 0 Å². The van der Waals surface area contributed by atoms with Gasteiger partial charge in [-0.2, -0.15) is 8.42 Å². The fourth-order valence-electron chi connectivity index (χ4n) is 0.846. The second-order valence-electron chi connectivity index (χ2n) is 2.95. The molecule has 0 fully saturated rings. The van der Waals surface area contributed by atoms with E-state index in [4.69, 9.17) is 5.53 Å². The second kappa shape index (κ2) is 8.49. The van der Waals surface area contributed by atoms with Crippen molar-refractivity contribution in [3.05, 3.63) is 10.4 Å². The maximum Gasteiger partial charge on any atom is 0.276 e. The van der Waals surface area contributed by atoms with Gasteiger partial charge in [0.1, 0.15) is 0 Å². The molecule has 0 rings (SSSR count). The topological polar surface area (TPSA) is 107 Å². The minimum Gasteiger partial charge on any atom is -0.202 e. The predicted molar refractivity (Wildman–Crippen MR) is 58.5 cm³/mol. The summed E-state index contributed by atoms with van der Waals surface area (Å²) in [6.07, 6.45) is 2.10. The summed E-state index contributed by atoms with van der Waals surface area (Å²) in [5, 5.41) is 3.34. The van der Waals surface area contributed by atoms with Crippen LogP contribution in [0.4, 0.5) is 0 Å². The number of nitrogens with zero attached hydrogens (tertiary/aromatic N) is 3. The number of azide groups is 1. The van der Waals surface area contributed by atoms with Crippen molar-refractivity contribution < 1.29 is 8.42 Å². The molecule has 0 aromatic heterocycles. The van der Waals surface area contributed by atoms with E-state index in [1.165, 1.54) is 0 Å². The lowest BCUT2D eigenvalue weighted by Gasteiger charge is -2.06. The summed E-state index contributed by atoms with van der Waals surface area (Å²) in [5.41, 5.74) is 7.99. The van der Waals surface area contributed by atoms with E-state index in [-0.39, 0.29) is 0 Å². The van der Waals surface area contributed by atoms with Gasteiger partial charge in [-0.15, -0.1) is 0 Å². The summed E-state index contributed by atoms with van der Waals surface area (Å²) < 4.78 is 27.1. The fourth-order valence-corrected chi connectivity index (χ4v) is 1.83. The summed E-state index contributed by atoms with van der Waals surface area (Å²) >= 11 is 0. The highest BCUT2D eigenvalue weighted by molar-refractivity contribution is 7.87. The number of rotatable bonds is 9. The molecule has 0 heterocycles. The number of hydrogen-bond donors (Lipinski definition) is 2. The van der Waals surface area contributed by atoms with Crippen molar-refractivity contribution >= 4 is 10.2 Å². The van der Waals surface area contributed by atoms with Crippen LogP contribution in [-0.4, -0.2) is 28.1 Å². The van der Waals surface area contributed by atoms with Gasteiger partial charge < -0.3 is 0 Å². The molecule has 0 saturated carbocycles. The van der Waals surface area contributed by atoms with E-state index in [1.54, 1.807) is 0 Å². The van der Waals surface area contributed by atoms with Gasteiger partial charge in [0.25, 0.3) is 10.2 Å². The van der Waals surface area contributed by atoms with Crippen LogP contribution in [0, 0.1) is 0 Å². The van der Waals surface area contributed by atoms with Crippen LogP contribution in [0.3, 0.4) is 0 Å². The molecule has 8 heteroatoms. The van der Waals surface area contributed by atoms with Crippen LogP contribution in [0.5, 0.6) is 0 Å². The third-order valence-corrected chi connectivity index (χ3v) is 2.75. The van der Waals surface area contributed by atoms with E-state index < -0.39 is 10.2 Å². The molecule has 88 valence electrons. The second-order valence-corrected chi connectivity index (χ2v) is 4.54. The predicted octanol–water partition coefficient (Wildman–Crippen LogP) is 0.911. The largest absolute Gasteiger partial charge is 0.276 e. The van der Waals surface area contributed by atoms with Crippen LogP contribution in [0.25, 0.3) is 10.4 Å². The molecule has 0 amide bonds. The SMILES string of the molecule is CCCNS(=O)(=O)NCCCCN=[N+]=[N-]. The molecule has 0 aliphatic carbocycles. The van der Waals surface area contributed by atoms with Crippen LogP contribution in [0.2, 0.25) is 0 Å². The summed E-state index contributed by atoms with van der Waals surface area (Å²) in [5.74, 6) is 0. The van der Waals surface area contributed by atoms with Gasteiger partial charge in [-0.05, 0) is 24.8 Å². The molecule has 7 nitrogen and oxygen atoms in total. The fraction of sp³-hybridized carbons (Fsp3) is 1.00. The average Bonchev–Trinajstić information content (AvgIpc) is 2.20. The summed E-state index contributed by atoms with van der Waals surface area (Å²) in [6, 6.07) is 0. The van der Waals surface area contributed by atoms with Crippen LogP contribution in [0.15, 0.2) is 5.11 Å². The Morgan fingerprint density at radius 3 is 2.53 bits per heavy atom. The molecule has 0 unspecified atom stereocenters. The van der Waals surface area contributed by atoms with Gasteiger partial charge in [0.05, 0.1) is 0 Å². The van der Waals surface area contributed by atoms with Crippen LogP contribution < -0.4 is 9.44 Å². The normalized spacial score (nSPS) is 11.0. The average molecular weight is 235 g/mol. The summed E-state index contributed by atoms with van der Waals surface area (Å²) in [4.78, 5) is 2.60. The first-order chi connectivity index (χ1) is 7.12. The molecule has 0 bridgehead atoms. The summed E-state index contributed by atoms with van der Waals surface area (Å²) in [6.45, 7) is 3.09. The molecule has 0 aliphatic rings. The number of unbranched alkanes of at least 4 members (excludes halogenated alkanes) is 1. The Morgan fingerprint density at radius 2 is 1.93 bits per heavy atom. The van der Waals surface area contributed by atoms with E-state index in [1.807, 2.05) is 6.92 Å². The first-order valence-corrected chi connectivity index (χ1v) is 6.36. The van der Waals surface area contributed by atoms with E-state index >= 15 is 0 Å². The quantitative estimate of drug-likeness (QED) is 0.268. The lowest BCUT2D eigenvalue weighted by Crippen LogP contribution is -2.37. The van der Waals surface area contributed by atoms with E-state index in [0.29, 0.717) is 32.5 Å². The highest BCUT2D eigenvalue weighted by Gasteiger charge is 2.05. The third-order valence-electron chi connectivity index (χ3n) is 1.58. The molecule has 0 spiro atoms. The van der Waals surface area contributed by atoms with E-state index in [2.05, 4.69) is 19.5 Å². The highest BCUT2D eigenvalue weighted by atomic mass is 32.2. The van der Waals surface area contributed by atoms with Crippen molar-refractivity contribution in [3.8, 4) is 0 Å². The standard InChI is InChI=1S/C7H17N5O2S/c1-2-5-10-15(13,14)11-7-4-3-6-9-12-8/h10-11H,2-7H2,1H3. The van der Waals surface area contributed by atoms with Crippen LogP contribution in [0.1, 0.15) is 26.2 Å². The van der Waals surface area contributed by atoms with Crippen molar-refractivity contribution in [1.29, 1.82) is 0 Å². The van der Waals surface area contributed by atoms with Gasteiger partial charge in [-0.1, -0.05) is 12.0 Å². The molecule has 0 radical (unpaired) electrons. The molecule has 0 atom stereocenters. The Morgan fingerprint density at radius 1 is 1.27 bits per heavy atom. The van der Waals surface area contributed by atoms with Gasteiger partial charge in [-0.3, -0.25) is 0 Å². The minimum absolute atomic E-state index is 0.361.